The molecule has 0 spiro atoms. The first-order chi connectivity index (χ1) is 8.58. The summed E-state index contributed by atoms with van der Waals surface area (Å²) in [4.78, 5) is 0. The van der Waals surface area contributed by atoms with E-state index in [-0.39, 0.29) is 11.7 Å². The number of ether oxygens (including phenoxy) is 1. The van der Waals surface area contributed by atoms with Gasteiger partial charge in [0.2, 0.25) is 0 Å². The van der Waals surface area contributed by atoms with Crippen LogP contribution in [0.4, 0.5) is 8.78 Å². The van der Waals surface area contributed by atoms with Crippen LogP contribution in [0, 0.1) is 0 Å². The molecule has 0 saturated carbocycles. The van der Waals surface area contributed by atoms with Crippen LogP contribution in [0.5, 0.6) is 0 Å². The van der Waals surface area contributed by atoms with Crippen LogP contribution in [0.2, 0.25) is 0 Å². The number of aryl methyl sites for hydroxylation is 1. The second-order valence-corrected chi connectivity index (χ2v) is 4.83. The smallest absolute Gasteiger partial charge is 0.272 e. The maximum atomic E-state index is 12.8. The Morgan fingerprint density at radius 1 is 1.28 bits per heavy atom. The van der Waals surface area contributed by atoms with Gasteiger partial charge >= 0.3 is 0 Å². The average Bonchev–Trinajstić information content (AvgIpc) is 3.00. The lowest BCUT2D eigenvalue weighted by atomic mass is 9.93. The van der Waals surface area contributed by atoms with E-state index in [4.69, 9.17) is 4.74 Å². The van der Waals surface area contributed by atoms with Crippen LogP contribution >= 0.6 is 0 Å². The van der Waals surface area contributed by atoms with Crippen molar-refractivity contribution < 1.29 is 13.5 Å². The molecule has 1 aliphatic heterocycles. The summed E-state index contributed by atoms with van der Waals surface area (Å²) in [6, 6.07) is 10.0. The van der Waals surface area contributed by atoms with Crippen molar-refractivity contribution in [1.82, 2.24) is 0 Å². The quantitative estimate of drug-likeness (QED) is 0.710. The first-order valence-corrected chi connectivity index (χ1v) is 6.34. The largest absolute Gasteiger partial charge is 0.361 e. The standard InChI is InChI=1S/C15H18F2O/c1-3-12(14(16)17)15(2)13(18-15)10-9-11-7-5-4-6-8-11/h4-8,13H,3,9-10H2,1-2H3/t13-,15-/m1/s1. The fourth-order valence-corrected chi connectivity index (χ4v) is 2.48. The van der Waals surface area contributed by atoms with E-state index in [0.717, 1.165) is 12.8 Å². The molecule has 0 unspecified atom stereocenters. The molecule has 0 radical (unpaired) electrons. The van der Waals surface area contributed by atoms with Gasteiger partial charge < -0.3 is 4.74 Å². The number of rotatable bonds is 5. The van der Waals surface area contributed by atoms with Crippen LogP contribution in [-0.4, -0.2) is 11.7 Å². The predicted octanol–water partition coefficient (Wildman–Crippen LogP) is 4.34. The summed E-state index contributed by atoms with van der Waals surface area (Å²) in [6.45, 7) is 3.51. The van der Waals surface area contributed by atoms with Gasteiger partial charge in [0, 0.05) is 5.57 Å². The Hall–Kier alpha value is -1.22. The molecule has 1 aliphatic rings. The Morgan fingerprint density at radius 3 is 2.50 bits per heavy atom. The van der Waals surface area contributed by atoms with Gasteiger partial charge in [-0.25, -0.2) is 0 Å². The molecule has 2 rings (SSSR count). The molecule has 0 N–H and O–H groups in total. The minimum Gasteiger partial charge on any atom is -0.361 e. The van der Waals surface area contributed by atoms with Gasteiger partial charge in [-0.2, -0.15) is 8.78 Å². The fraction of sp³-hybridized carbons (Fsp3) is 0.467. The van der Waals surface area contributed by atoms with Gasteiger partial charge in [-0.1, -0.05) is 37.3 Å². The van der Waals surface area contributed by atoms with Crippen molar-refractivity contribution in [1.29, 1.82) is 0 Å². The molecule has 0 aromatic heterocycles. The van der Waals surface area contributed by atoms with Crippen LogP contribution in [0.3, 0.4) is 0 Å². The second-order valence-electron chi connectivity index (χ2n) is 4.83. The molecule has 0 bridgehead atoms. The zero-order valence-corrected chi connectivity index (χ0v) is 10.7. The van der Waals surface area contributed by atoms with Crippen molar-refractivity contribution in [3.8, 4) is 0 Å². The summed E-state index contributed by atoms with van der Waals surface area (Å²) in [7, 11) is 0. The van der Waals surface area contributed by atoms with Gasteiger partial charge in [-0.05, 0) is 31.7 Å². The van der Waals surface area contributed by atoms with E-state index in [1.54, 1.807) is 13.8 Å². The molecule has 1 fully saturated rings. The molecule has 3 heteroatoms. The van der Waals surface area contributed by atoms with Gasteiger partial charge in [0.1, 0.15) is 5.60 Å². The van der Waals surface area contributed by atoms with Crippen molar-refractivity contribution >= 4 is 0 Å². The molecule has 1 heterocycles. The van der Waals surface area contributed by atoms with Crippen molar-refractivity contribution in [2.45, 2.75) is 44.8 Å². The summed E-state index contributed by atoms with van der Waals surface area (Å²) in [5.41, 5.74) is 0.640. The van der Waals surface area contributed by atoms with E-state index < -0.39 is 11.7 Å². The topological polar surface area (TPSA) is 12.5 Å². The van der Waals surface area contributed by atoms with Crippen LogP contribution in [-0.2, 0) is 11.2 Å². The predicted molar refractivity (Wildman–Crippen MR) is 67.6 cm³/mol. The van der Waals surface area contributed by atoms with Crippen LogP contribution in [0.15, 0.2) is 42.0 Å². The maximum absolute atomic E-state index is 12.8. The van der Waals surface area contributed by atoms with E-state index in [1.807, 2.05) is 30.3 Å². The second kappa shape index (κ2) is 5.19. The summed E-state index contributed by atoms with van der Waals surface area (Å²) >= 11 is 0. The molecule has 0 aliphatic carbocycles. The third-order valence-electron chi connectivity index (χ3n) is 3.66. The van der Waals surface area contributed by atoms with Crippen molar-refractivity contribution in [2.75, 3.05) is 0 Å². The fourth-order valence-electron chi connectivity index (χ4n) is 2.48. The van der Waals surface area contributed by atoms with Gasteiger partial charge in [0.05, 0.1) is 6.10 Å². The first-order valence-electron chi connectivity index (χ1n) is 6.34. The minimum atomic E-state index is -1.58. The molecule has 1 aromatic rings. The minimum absolute atomic E-state index is 0.0749. The normalized spacial score (nSPS) is 25.9. The Kier molecular flexibility index (Phi) is 3.81. The third-order valence-corrected chi connectivity index (χ3v) is 3.66. The van der Waals surface area contributed by atoms with Crippen molar-refractivity contribution in [2.24, 2.45) is 0 Å². The highest BCUT2D eigenvalue weighted by molar-refractivity contribution is 5.27. The average molecular weight is 252 g/mol. The first kappa shape index (κ1) is 13.2. The van der Waals surface area contributed by atoms with Crippen molar-refractivity contribution in [3.63, 3.8) is 0 Å². The van der Waals surface area contributed by atoms with E-state index in [2.05, 4.69) is 0 Å². The number of halogens is 2. The number of benzene rings is 1. The molecule has 1 nitrogen and oxygen atoms in total. The van der Waals surface area contributed by atoms with Gasteiger partial charge in [0.25, 0.3) is 6.08 Å². The lowest BCUT2D eigenvalue weighted by Gasteiger charge is -2.08. The van der Waals surface area contributed by atoms with Gasteiger partial charge in [-0.3, -0.25) is 0 Å². The summed E-state index contributed by atoms with van der Waals surface area (Å²) in [5.74, 6) is 0. The van der Waals surface area contributed by atoms with Crippen molar-refractivity contribution in [3.05, 3.63) is 47.5 Å². The van der Waals surface area contributed by atoms with E-state index >= 15 is 0 Å². The maximum Gasteiger partial charge on any atom is 0.272 e. The Bertz CT molecular complexity index is 437. The Labute approximate surface area is 106 Å². The van der Waals surface area contributed by atoms with Crippen LogP contribution < -0.4 is 0 Å². The van der Waals surface area contributed by atoms with E-state index in [1.165, 1.54) is 5.56 Å². The highest BCUT2D eigenvalue weighted by atomic mass is 19.3. The molecule has 1 saturated heterocycles. The number of epoxide rings is 1. The van der Waals surface area contributed by atoms with Gasteiger partial charge in [0.15, 0.2) is 0 Å². The molecular weight excluding hydrogens is 234 g/mol. The molecule has 0 amide bonds. The monoisotopic (exact) mass is 252 g/mol. The van der Waals surface area contributed by atoms with Crippen LogP contribution in [0.1, 0.15) is 32.3 Å². The number of hydrogen-bond donors (Lipinski definition) is 0. The molecule has 18 heavy (non-hydrogen) atoms. The molecule has 98 valence electrons. The molecular formula is C15H18F2O. The number of hydrogen-bond acceptors (Lipinski definition) is 1. The zero-order chi connectivity index (χ0) is 13.2. The highest BCUT2D eigenvalue weighted by Gasteiger charge is 2.55. The summed E-state index contributed by atoms with van der Waals surface area (Å²) in [5, 5.41) is 0. The van der Waals surface area contributed by atoms with Gasteiger partial charge in [-0.15, -0.1) is 0 Å². The Balaban J connectivity index is 1.93. The highest BCUT2D eigenvalue weighted by Crippen LogP contribution is 2.47. The Morgan fingerprint density at radius 2 is 1.94 bits per heavy atom. The summed E-state index contributed by atoms with van der Waals surface area (Å²) < 4.78 is 31.0. The third kappa shape index (κ3) is 2.61. The van der Waals surface area contributed by atoms with Crippen LogP contribution in [0.25, 0.3) is 0 Å². The van der Waals surface area contributed by atoms with E-state index in [9.17, 15) is 8.78 Å². The molecule has 1 aromatic carbocycles. The van der Waals surface area contributed by atoms with E-state index in [0.29, 0.717) is 6.42 Å². The lowest BCUT2D eigenvalue weighted by molar-refractivity contribution is 0.310. The summed E-state index contributed by atoms with van der Waals surface area (Å²) in [6.07, 6.45) is 0.348. The molecule has 2 atom stereocenters. The SMILES string of the molecule is CCC(=C(F)F)[C@@]1(C)O[C@@H]1CCc1ccccc1. The lowest BCUT2D eigenvalue weighted by Crippen LogP contribution is -2.14. The zero-order valence-electron chi connectivity index (χ0n) is 10.7.